The summed E-state index contributed by atoms with van der Waals surface area (Å²) in [6.07, 6.45) is 0.0312. The number of rotatable bonds is 6. The molecule has 1 N–H and O–H groups in total. The highest BCUT2D eigenvalue weighted by molar-refractivity contribution is 6.16. The van der Waals surface area contributed by atoms with Crippen LogP contribution >= 0.6 is 0 Å². The summed E-state index contributed by atoms with van der Waals surface area (Å²) in [7, 11) is 1.24. The second kappa shape index (κ2) is 9.12. The Morgan fingerprint density at radius 3 is 2.03 bits per heavy atom. The Balaban J connectivity index is 1.90. The standard InChI is InChI=1S/C24H26N2O5/c1-24(2,3)31-20(27)14-13-19(23(29)30-4)26-22(28)21-15-9-5-7-11-17(15)25-18-12-8-6-10-16(18)21/h5-12,19H,13-14H2,1-4H3,(H,26,28)/t19-/m0/s1. The molecule has 1 amide bonds. The third-order valence-corrected chi connectivity index (χ3v) is 4.66. The Hall–Kier alpha value is -3.48. The van der Waals surface area contributed by atoms with Gasteiger partial charge in [0.25, 0.3) is 5.91 Å². The van der Waals surface area contributed by atoms with Gasteiger partial charge in [0, 0.05) is 17.2 Å². The number of methoxy groups -OCH3 is 1. The van der Waals surface area contributed by atoms with Gasteiger partial charge in [-0.05, 0) is 39.3 Å². The van der Waals surface area contributed by atoms with Crippen molar-refractivity contribution in [2.45, 2.75) is 45.3 Å². The monoisotopic (exact) mass is 422 g/mol. The van der Waals surface area contributed by atoms with E-state index in [0.29, 0.717) is 27.4 Å². The lowest BCUT2D eigenvalue weighted by Gasteiger charge is -2.21. The maximum Gasteiger partial charge on any atom is 0.328 e. The molecule has 162 valence electrons. The lowest BCUT2D eigenvalue weighted by molar-refractivity contribution is -0.155. The van der Waals surface area contributed by atoms with Crippen LogP contribution in [0.2, 0.25) is 0 Å². The van der Waals surface area contributed by atoms with Gasteiger partial charge in [-0.3, -0.25) is 9.59 Å². The van der Waals surface area contributed by atoms with E-state index >= 15 is 0 Å². The van der Waals surface area contributed by atoms with Crippen molar-refractivity contribution >= 4 is 39.7 Å². The van der Waals surface area contributed by atoms with E-state index in [1.807, 2.05) is 48.5 Å². The van der Waals surface area contributed by atoms with Gasteiger partial charge in [0.1, 0.15) is 11.6 Å². The number of nitrogens with zero attached hydrogens (tertiary/aromatic N) is 1. The predicted molar refractivity (Wildman–Crippen MR) is 118 cm³/mol. The zero-order chi connectivity index (χ0) is 22.6. The van der Waals surface area contributed by atoms with E-state index in [2.05, 4.69) is 10.3 Å². The molecule has 31 heavy (non-hydrogen) atoms. The molecule has 3 rings (SSSR count). The van der Waals surface area contributed by atoms with E-state index < -0.39 is 29.5 Å². The molecule has 3 aromatic rings. The molecule has 7 heteroatoms. The number of ether oxygens (including phenoxy) is 2. The topological polar surface area (TPSA) is 94.6 Å². The van der Waals surface area contributed by atoms with Gasteiger partial charge in [0.2, 0.25) is 0 Å². The molecule has 2 aromatic carbocycles. The molecular weight excluding hydrogens is 396 g/mol. The largest absolute Gasteiger partial charge is 0.467 e. The predicted octanol–water partition coefficient (Wildman–Crippen LogP) is 3.78. The van der Waals surface area contributed by atoms with Gasteiger partial charge in [0.05, 0.1) is 23.7 Å². The van der Waals surface area contributed by atoms with Crippen molar-refractivity contribution < 1.29 is 23.9 Å². The second-order valence-corrected chi connectivity index (χ2v) is 8.20. The molecule has 0 unspecified atom stereocenters. The highest BCUT2D eigenvalue weighted by Gasteiger charge is 2.26. The normalized spacial score (nSPS) is 12.4. The fraction of sp³-hybridized carbons (Fsp3) is 0.333. The minimum atomic E-state index is -0.990. The van der Waals surface area contributed by atoms with E-state index in [-0.39, 0.29) is 12.8 Å². The summed E-state index contributed by atoms with van der Waals surface area (Å²) < 4.78 is 10.1. The number of fused-ring (bicyclic) bond motifs is 2. The molecule has 1 aromatic heterocycles. The van der Waals surface area contributed by atoms with Crippen LogP contribution in [0, 0.1) is 0 Å². The van der Waals surface area contributed by atoms with E-state index in [0.717, 1.165) is 0 Å². The number of carbonyl (C=O) groups excluding carboxylic acids is 3. The summed E-state index contributed by atoms with van der Waals surface area (Å²) in [5.74, 6) is -1.51. The molecule has 0 aliphatic rings. The first-order valence-electron chi connectivity index (χ1n) is 10.1. The van der Waals surface area contributed by atoms with Crippen molar-refractivity contribution in [2.24, 2.45) is 0 Å². The van der Waals surface area contributed by atoms with Crippen molar-refractivity contribution in [3.05, 3.63) is 54.1 Å². The van der Waals surface area contributed by atoms with Gasteiger partial charge in [-0.25, -0.2) is 9.78 Å². The van der Waals surface area contributed by atoms with Crippen molar-refractivity contribution in [3.63, 3.8) is 0 Å². The van der Waals surface area contributed by atoms with Gasteiger partial charge in [-0.15, -0.1) is 0 Å². The highest BCUT2D eigenvalue weighted by Crippen LogP contribution is 2.26. The highest BCUT2D eigenvalue weighted by atomic mass is 16.6. The minimum absolute atomic E-state index is 0.0326. The third-order valence-electron chi connectivity index (χ3n) is 4.66. The fourth-order valence-electron chi connectivity index (χ4n) is 3.36. The number of esters is 2. The Morgan fingerprint density at radius 1 is 0.968 bits per heavy atom. The van der Waals surface area contributed by atoms with Gasteiger partial charge in [0.15, 0.2) is 0 Å². The van der Waals surface area contributed by atoms with E-state index in [1.165, 1.54) is 7.11 Å². The number of pyridine rings is 1. The molecule has 0 bridgehead atoms. The number of hydrogen-bond donors (Lipinski definition) is 1. The lowest BCUT2D eigenvalue weighted by Crippen LogP contribution is -2.42. The van der Waals surface area contributed by atoms with Crippen LogP contribution in [0.15, 0.2) is 48.5 Å². The van der Waals surface area contributed by atoms with E-state index in [1.54, 1.807) is 20.8 Å². The number of nitrogens with one attached hydrogen (secondary N) is 1. The zero-order valence-corrected chi connectivity index (χ0v) is 18.1. The molecule has 7 nitrogen and oxygen atoms in total. The van der Waals surface area contributed by atoms with E-state index in [9.17, 15) is 14.4 Å². The summed E-state index contributed by atoms with van der Waals surface area (Å²) in [6.45, 7) is 5.30. The third kappa shape index (κ3) is 5.36. The average molecular weight is 422 g/mol. The van der Waals surface area contributed by atoms with Crippen molar-refractivity contribution in [3.8, 4) is 0 Å². The molecule has 1 atom stereocenters. The molecule has 0 radical (unpaired) electrons. The Kier molecular flexibility index (Phi) is 6.53. The first-order chi connectivity index (χ1) is 14.7. The molecular formula is C24H26N2O5. The van der Waals surface area contributed by atoms with Crippen LogP contribution in [0.4, 0.5) is 0 Å². The smallest absolute Gasteiger partial charge is 0.328 e. The zero-order valence-electron chi connectivity index (χ0n) is 18.1. The van der Waals surface area contributed by atoms with Gasteiger partial charge < -0.3 is 14.8 Å². The Morgan fingerprint density at radius 2 is 1.52 bits per heavy atom. The van der Waals surface area contributed by atoms with Crippen LogP contribution in [-0.4, -0.2) is 41.6 Å². The number of carbonyl (C=O) groups is 3. The molecule has 0 aliphatic carbocycles. The molecule has 0 aliphatic heterocycles. The van der Waals surface area contributed by atoms with Crippen LogP contribution in [-0.2, 0) is 19.1 Å². The van der Waals surface area contributed by atoms with E-state index in [4.69, 9.17) is 9.47 Å². The SMILES string of the molecule is COC(=O)[C@H](CCC(=O)OC(C)(C)C)NC(=O)c1c2ccccc2nc2ccccc12. The average Bonchev–Trinajstić information content (AvgIpc) is 2.72. The van der Waals surface area contributed by atoms with Crippen LogP contribution in [0.5, 0.6) is 0 Å². The fourth-order valence-corrected chi connectivity index (χ4v) is 3.36. The van der Waals surface area contributed by atoms with Gasteiger partial charge in [-0.2, -0.15) is 0 Å². The van der Waals surface area contributed by atoms with Crippen molar-refractivity contribution in [1.82, 2.24) is 10.3 Å². The Labute approximate surface area is 180 Å². The minimum Gasteiger partial charge on any atom is -0.467 e. The van der Waals surface area contributed by atoms with Crippen LogP contribution in [0.1, 0.15) is 44.0 Å². The number of aromatic nitrogens is 1. The number of benzene rings is 2. The molecule has 0 spiro atoms. The lowest BCUT2D eigenvalue weighted by atomic mass is 10.0. The number of amides is 1. The quantitative estimate of drug-likeness (QED) is 0.480. The Bertz CT molecular complexity index is 1080. The van der Waals surface area contributed by atoms with Crippen LogP contribution < -0.4 is 5.32 Å². The first-order valence-corrected chi connectivity index (χ1v) is 10.1. The van der Waals surface area contributed by atoms with Crippen LogP contribution in [0.3, 0.4) is 0 Å². The molecule has 1 heterocycles. The summed E-state index contributed by atoms with van der Waals surface area (Å²) in [5.41, 5.74) is 1.15. The first kappa shape index (κ1) is 22.2. The summed E-state index contributed by atoms with van der Waals surface area (Å²) in [5, 5.41) is 4.09. The number of hydrogen-bond acceptors (Lipinski definition) is 6. The summed E-state index contributed by atoms with van der Waals surface area (Å²) >= 11 is 0. The maximum atomic E-state index is 13.3. The van der Waals surface area contributed by atoms with Crippen molar-refractivity contribution in [1.29, 1.82) is 0 Å². The molecule has 0 saturated carbocycles. The maximum absolute atomic E-state index is 13.3. The molecule has 0 saturated heterocycles. The number of para-hydroxylation sites is 2. The summed E-state index contributed by atoms with van der Waals surface area (Å²) in [4.78, 5) is 42.3. The second-order valence-electron chi connectivity index (χ2n) is 8.20. The van der Waals surface area contributed by atoms with Gasteiger partial charge >= 0.3 is 11.9 Å². The van der Waals surface area contributed by atoms with Gasteiger partial charge in [-0.1, -0.05) is 36.4 Å². The molecule has 0 fully saturated rings. The van der Waals surface area contributed by atoms with Crippen LogP contribution in [0.25, 0.3) is 21.8 Å². The van der Waals surface area contributed by atoms with Crippen molar-refractivity contribution in [2.75, 3.05) is 7.11 Å². The summed E-state index contributed by atoms with van der Waals surface area (Å²) in [6, 6.07) is 13.7.